The van der Waals surface area contributed by atoms with E-state index in [1.165, 1.54) is 0 Å². The highest BCUT2D eigenvalue weighted by Gasteiger charge is 2.30. The third kappa shape index (κ3) is 5.51. The summed E-state index contributed by atoms with van der Waals surface area (Å²) in [6.07, 6.45) is 3.68. The first-order valence-corrected chi connectivity index (χ1v) is 7.54. The molecule has 1 amide bonds. The van der Waals surface area contributed by atoms with Crippen LogP contribution in [0, 0.1) is 5.92 Å². The van der Waals surface area contributed by atoms with Gasteiger partial charge in [0.05, 0.1) is 6.54 Å². The number of imidazole rings is 1. The third-order valence-electron chi connectivity index (χ3n) is 3.62. The zero-order chi connectivity index (χ0) is 16.2. The molecule has 1 aromatic heterocycles. The number of benzene rings is 1. The molecule has 1 unspecified atom stereocenters. The van der Waals surface area contributed by atoms with Gasteiger partial charge in [-0.05, 0) is 18.4 Å². The van der Waals surface area contributed by atoms with Gasteiger partial charge in [0.15, 0.2) is 0 Å². The third-order valence-corrected chi connectivity index (χ3v) is 3.62. The Hall–Kier alpha value is -1.56. The van der Waals surface area contributed by atoms with Gasteiger partial charge in [0, 0.05) is 18.9 Å². The highest BCUT2D eigenvalue weighted by atomic mass is 35.5. The number of nitrogens with two attached hydrogens (primary N) is 1. The Balaban J connectivity index is 0.00000264. The molecule has 0 bridgehead atoms. The van der Waals surface area contributed by atoms with Crippen LogP contribution in [0.5, 0.6) is 0 Å². The molecular weight excluding hydrogens is 347 g/mol. The van der Waals surface area contributed by atoms with Gasteiger partial charge in [-0.25, -0.2) is 4.98 Å². The van der Waals surface area contributed by atoms with Crippen molar-refractivity contribution in [2.24, 2.45) is 11.7 Å². The largest absolute Gasteiger partial charge is 0.347 e. The minimum atomic E-state index is -1.06. The maximum Gasteiger partial charge on any atom is 0.244 e. The number of nitrogens with zero attached hydrogens (tertiary/aromatic N) is 2. The number of hydrogen-bond acceptors (Lipinski definition) is 3. The van der Waals surface area contributed by atoms with Crippen molar-refractivity contribution >= 4 is 30.7 Å². The molecular formula is C17H26Cl2N4O. The second-order valence-corrected chi connectivity index (χ2v) is 6.14. The van der Waals surface area contributed by atoms with Crippen LogP contribution in [0.2, 0.25) is 0 Å². The van der Waals surface area contributed by atoms with Gasteiger partial charge in [-0.3, -0.25) is 4.79 Å². The predicted molar refractivity (Wildman–Crippen MR) is 101 cm³/mol. The van der Waals surface area contributed by atoms with Crippen LogP contribution >= 0.6 is 24.8 Å². The molecule has 7 heteroatoms. The molecule has 2 aromatic rings. The lowest BCUT2D eigenvalue weighted by molar-refractivity contribution is -0.126. The summed E-state index contributed by atoms with van der Waals surface area (Å²) in [6, 6.07) is 9.38. The number of carbonyl (C=O) groups is 1. The molecule has 0 aliphatic carbocycles. The lowest BCUT2D eigenvalue weighted by Crippen LogP contribution is -2.48. The van der Waals surface area contributed by atoms with Crippen LogP contribution in [-0.4, -0.2) is 15.5 Å². The van der Waals surface area contributed by atoms with Gasteiger partial charge in [-0.15, -0.1) is 24.8 Å². The summed E-state index contributed by atoms with van der Waals surface area (Å²) in [5.74, 6) is 1.15. The smallest absolute Gasteiger partial charge is 0.244 e. The molecule has 24 heavy (non-hydrogen) atoms. The summed E-state index contributed by atoms with van der Waals surface area (Å²) in [4.78, 5) is 16.7. The van der Waals surface area contributed by atoms with E-state index in [1.54, 1.807) is 13.1 Å². The minimum absolute atomic E-state index is 0. The summed E-state index contributed by atoms with van der Waals surface area (Å²) in [5, 5.41) is 2.89. The lowest BCUT2D eigenvalue weighted by Gasteiger charge is -2.24. The Morgan fingerprint density at radius 3 is 2.50 bits per heavy atom. The number of hydrogen-bond donors (Lipinski definition) is 2. The minimum Gasteiger partial charge on any atom is -0.347 e. The van der Waals surface area contributed by atoms with E-state index in [1.807, 2.05) is 36.5 Å². The Morgan fingerprint density at radius 1 is 1.29 bits per heavy atom. The summed E-state index contributed by atoms with van der Waals surface area (Å²) >= 11 is 0. The van der Waals surface area contributed by atoms with Crippen molar-refractivity contribution in [3.63, 3.8) is 0 Å². The van der Waals surface area contributed by atoms with E-state index in [2.05, 4.69) is 28.7 Å². The average molecular weight is 373 g/mol. The van der Waals surface area contributed by atoms with E-state index in [4.69, 9.17) is 5.73 Å². The van der Waals surface area contributed by atoms with Gasteiger partial charge in [0.2, 0.25) is 5.91 Å². The number of aromatic nitrogens is 2. The highest BCUT2D eigenvalue weighted by molar-refractivity contribution is 5.87. The van der Waals surface area contributed by atoms with Gasteiger partial charge < -0.3 is 15.6 Å². The molecule has 134 valence electrons. The summed E-state index contributed by atoms with van der Waals surface area (Å²) in [5.41, 5.74) is 5.93. The fraction of sp³-hybridized carbons (Fsp3) is 0.412. The normalized spacial score (nSPS) is 12.7. The topological polar surface area (TPSA) is 72.9 Å². The van der Waals surface area contributed by atoms with Crippen molar-refractivity contribution < 1.29 is 4.79 Å². The number of amides is 1. The summed E-state index contributed by atoms with van der Waals surface area (Å²) in [7, 11) is 0. The van der Waals surface area contributed by atoms with Crippen molar-refractivity contribution in [1.82, 2.24) is 14.9 Å². The maximum atomic E-state index is 12.4. The zero-order valence-corrected chi connectivity index (χ0v) is 15.9. The van der Waals surface area contributed by atoms with Crippen molar-refractivity contribution in [3.8, 4) is 0 Å². The van der Waals surface area contributed by atoms with Crippen molar-refractivity contribution in [3.05, 3.63) is 54.1 Å². The van der Waals surface area contributed by atoms with Crippen LogP contribution in [0.15, 0.2) is 42.7 Å². The Kier molecular flexibility index (Phi) is 9.04. The molecule has 0 saturated heterocycles. The molecule has 5 nitrogen and oxygen atoms in total. The SMILES string of the molecule is CC(C)Cn1ccnc1CNC(=O)C(C)(N)c1ccccc1.Cl.Cl. The van der Waals surface area contributed by atoms with Crippen molar-refractivity contribution in [2.75, 3.05) is 0 Å². The molecule has 2 rings (SSSR count). The molecule has 1 atom stereocenters. The van der Waals surface area contributed by atoms with Gasteiger partial charge in [0.25, 0.3) is 0 Å². The van der Waals surface area contributed by atoms with Crippen LogP contribution in [-0.2, 0) is 23.4 Å². The zero-order valence-electron chi connectivity index (χ0n) is 14.2. The van der Waals surface area contributed by atoms with Crippen LogP contribution in [0.3, 0.4) is 0 Å². The predicted octanol–water partition coefficient (Wildman–Crippen LogP) is 2.87. The van der Waals surface area contributed by atoms with Gasteiger partial charge in [-0.2, -0.15) is 0 Å². The van der Waals surface area contributed by atoms with E-state index >= 15 is 0 Å². The molecule has 0 fully saturated rings. The summed E-state index contributed by atoms with van der Waals surface area (Å²) in [6.45, 7) is 7.27. The molecule has 3 N–H and O–H groups in total. The van der Waals surface area contributed by atoms with Crippen LogP contribution in [0.1, 0.15) is 32.2 Å². The van der Waals surface area contributed by atoms with E-state index in [0.717, 1.165) is 17.9 Å². The van der Waals surface area contributed by atoms with Crippen LogP contribution < -0.4 is 11.1 Å². The van der Waals surface area contributed by atoms with Crippen LogP contribution in [0.25, 0.3) is 0 Å². The number of rotatable bonds is 6. The number of carbonyl (C=O) groups excluding carboxylic acids is 1. The van der Waals surface area contributed by atoms with E-state index in [-0.39, 0.29) is 30.7 Å². The monoisotopic (exact) mass is 372 g/mol. The fourth-order valence-electron chi connectivity index (χ4n) is 2.33. The highest BCUT2D eigenvalue weighted by Crippen LogP contribution is 2.17. The van der Waals surface area contributed by atoms with E-state index in [9.17, 15) is 4.79 Å². The molecule has 0 aliphatic rings. The van der Waals surface area contributed by atoms with Gasteiger partial charge >= 0.3 is 0 Å². The van der Waals surface area contributed by atoms with Gasteiger partial charge in [0.1, 0.15) is 11.4 Å². The first-order chi connectivity index (χ1) is 10.4. The number of halogens is 2. The lowest BCUT2D eigenvalue weighted by atomic mass is 9.92. The van der Waals surface area contributed by atoms with Crippen molar-refractivity contribution in [1.29, 1.82) is 0 Å². The number of nitrogens with one attached hydrogen (secondary N) is 1. The quantitative estimate of drug-likeness (QED) is 0.818. The fourth-order valence-corrected chi connectivity index (χ4v) is 2.33. The molecule has 1 heterocycles. The molecule has 0 spiro atoms. The Morgan fingerprint density at radius 2 is 1.92 bits per heavy atom. The standard InChI is InChI=1S/C17H24N4O.2ClH/c1-13(2)12-21-10-9-19-15(21)11-20-16(22)17(3,18)14-7-5-4-6-8-14;;/h4-10,13H,11-12,18H2,1-3H3,(H,20,22);2*1H. The Labute approximate surface area is 155 Å². The molecule has 0 saturated carbocycles. The second kappa shape index (κ2) is 9.67. The molecule has 0 radical (unpaired) electrons. The second-order valence-electron chi connectivity index (χ2n) is 6.14. The van der Waals surface area contributed by atoms with Gasteiger partial charge in [-0.1, -0.05) is 44.2 Å². The Bertz CT molecular complexity index is 627. The first kappa shape index (κ1) is 22.4. The van der Waals surface area contributed by atoms with E-state index in [0.29, 0.717) is 12.5 Å². The first-order valence-electron chi connectivity index (χ1n) is 7.54. The van der Waals surface area contributed by atoms with E-state index < -0.39 is 5.54 Å². The van der Waals surface area contributed by atoms with Crippen molar-refractivity contribution in [2.45, 2.75) is 39.4 Å². The van der Waals surface area contributed by atoms with Crippen LogP contribution in [0.4, 0.5) is 0 Å². The average Bonchev–Trinajstić information content (AvgIpc) is 2.92. The summed E-state index contributed by atoms with van der Waals surface area (Å²) < 4.78 is 2.06. The maximum absolute atomic E-state index is 12.4. The molecule has 0 aliphatic heterocycles. The molecule has 1 aromatic carbocycles.